The van der Waals surface area contributed by atoms with Crippen LogP contribution in [0.25, 0.3) is 0 Å². The Labute approximate surface area is 84.6 Å². The summed E-state index contributed by atoms with van der Waals surface area (Å²) in [6.07, 6.45) is -0.462. The number of carbonyl (C=O) groups is 1. The zero-order valence-corrected chi connectivity index (χ0v) is 8.82. The van der Waals surface area contributed by atoms with Gasteiger partial charge in [-0.25, -0.2) is 0 Å². The highest BCUT2D eigenvalue weighted by Crippen LogP contribution is 2.23. The van der Waals surface area contributed by atoms with E-state index in [2.05, 4.69) is 20.8 Å². The van der Waals surface area contributed by atoms with Crippen LogP contribution in [0.1, 0.15) is 38.0 Å². The van der Waals surface area contributed by atoms with Gasteiger partial charge in [0.15, 0.2) is 6.29 Å². The first-order chi connectivity index (χ1) is 6.45. The van der Waals surface area contributed by atoms with Crippen LogP contribution in [0.15, 0.2) is 24.3 Å². The number of hydrogen-bond acceptors (Lipinski definition) is 2. The molecule has 2 nitrogen and oxygen atoms in total. The summed E-state index contributed by atoms with van der Waals surface area (Å²) >= 11 is 0. The van der Waals surface area contributed by atoms with Gasteiger partial charge in [-0.15, -0.1) is 0 Å². The Morgan fingerprint density at radius 2 is 1.71 bits per heavy atom. The summed E-state index contributed by atoms with van der Waals surface area (Å²) in [5, 5.41) is 9.25. The van der Waals surface area contributed by atoms with Crippen molar-refractivity contribution >= 4 is 6.29 Å². The number of hydrogen-bond donors (Lipinski definition) is 1. The summed E-state index contributed by atoms with van der Waals surface area (Å²) in [4.78, 5) is 10.3. The molecular weight excluding hydrogens is 176 g/mol. The van der Waals surface area contributed by atoms with Gasteiger partial charge in [0.2, 0.25) is 0 Å². The van der Waals surface area contributed by atoms with Crippen LogP contribution in [0.3, 0.4) is 0 Å². The fourth-order valence-electron chi connectivity index (χ4n) is 1.26. The van der Waals surface area contributed by atoms with Crippen LogP contribution >= 0.6 is 0 Å². The molecule has 2 heteroatoms. The topological polar surface area (TPSA) is 37.3 Å². The van der Waals surface area contributed by atoms with Gasteiger partial charge in [-0.3, -0.25) is 0 Å². The van der Waals surface area contributed by atoms with Crippen molar-refractivity contribution in [2.75, 3.05) is 0 Å². The van der Waals surface area contributed by atoms with Crippen molar-refractivity contribution in [1.29, 1.82) is 0 Å². The van der Waals surface area contributed by atoms with E-state index in [4.69, 9.17) is 0 Å². The molecule has 0 spiro atoms. The minimum absolute atomic E-state index is 0.102. The van der Waals surface area contributed by atoms with Crippen molar-refractivity contribution in [1.82, 2.24) is 0 Å². The van der Waals surface area contributed by atoms with Gasteiger partial charge in [0.05, 0.1) is 0 Å². The van der Waals surface area contributed by atoms with Gasteiger partial charge in [-0.1, -0.05) is 45.0 Å². The van der Waals surface area contributed by atoms with Crippen molar-refractivity contribution in [3.8, 4) is 0 Å². The van der Waals surface area contributed by atoms with E-state index in [0.717, 1.165) is 0 Å². The van der Waals surface area contributed by atoms with E-state index in [1.807, 2.05) is 12.1 Å². The first-order valence-electron chi connectivity index (χ1n) is 4.69. The summed E-state index contributed by atoms with van der Waals surface area (Å²) in [7, 11) is 0. The lowest BCUT2D eigenvalue weighted by molar-refractivity contribution is -0.115. The van der Waals surface area contributed by atoms with Gasteiger partial charge in [0, 0.05) is 0 Å². The molecule has 0 bridgehead atoms. The fourth-order valence-corrected chi connectivity index (χ4v) is 1.26. The number of aliphatic hydroxyl groups is 1. The summed E-state index contributed by atoms with van der Waals surface area (Å²) in [6, 6.07) is 7.48. The van der Waals surface area contributed by atoms with Crippen LogP contribution in [0.4, 0.5) is 0 Å². The normalized spacial score (nSPS) is 13.7. The molecule has 0 aromatic heterocycles. The van der Waals surface area contributed by atoms with Crippen molar-refractivity contribution in [2.45, 2.75) is 32.3 Å². The molecule has 0 saturated heterocycles. The second kappa shape index (κ2) is 3.93. The molecule has 0 fully saturated rings. The van der Waals surface area contributed by atoms with Crippen molar-refractivity contribution in [3.05, 3.63) is 35.4 Å². The molecule has 1 aromatic rings. The molecule has 0 saturated carbocycles. The lowest BCUT2D eigenvalue weighted by Gasteiger charge is -2.19. The van der Waals surface area contributed by atoms with Crippen LogP contribution in [-0.4, -0.2) is 11.4 Å². The third kappa shape index (κ3) is 2.42. The number of aliphatic hydroxyl groups excluding tert-OH is 1. The lowest BCUT2D eigenvalue weighted by Crippen LogP contribution is -2.11. The lowest BCUT2D eigenvalue weighted by atomic mass is 9.86. The van der Waals surface area contributed by atoms with E-state index in [0.29, 0.717) is 11.8 Å². The summed E-state index contributed by atoms with van der Waals surface area (Å²) in [6.45, 7) is 6.37. The molecule has 1 N–H and O–H groups in total. The van der Waals surface area contributed by atoms with E-state index in [-0.39, 0.29) is 5.41 Å². The van der Waals surface area contributed by atoms with E-state index in [1.54, 1.807) is 12.1 Å². The molecule has 0 aliphatic carbocycles. The summed E-state index contributed by atoms with van der Waals surface area (Å²) in [5.41, 5.74) is 1.94. The van der Waals surface area contributed by atoms with Crippen LogP contribution in [0.2, 0.25) is 0 Å². The third-order valence-corrected chi connectivity index (χ3v) is 2.25. The minimum Gasteiger partial charge on any atom is -0.381 e. The SMILES string of the molecule is CC(C)(C)c1ccc(C(O)C=O)cc1. The highest BCUT2D eigenvalue weighted by atomic mass is 16.3. The second-order valence-corrected chi connectivity index (χ2v) is 4.45. The Hall–Kier alpha value is -1.15. The standard InChI is InChI=1S/C12H16O2/c1-12(2,3)10-6-4-9(5-7-10)11(14)8-13/h4-8,11,14H,1-3H3. The fraction of sp³-hybridized carbons (Fsp3) is 0.417. The molecule has 0 aliphatic heterocycles. The summed E-state index contributed by atoms with van der Waals surface area (Å²) in [5.74, 6) is 0. The van der Waals surface area contributed by atoms with Crippen molar-refractivity contribution in [2.24, 2.45) is 0 Å². The summed E-state index contributed by atoms with van der Waals surface area (Å²) < 4.78 is 0. The maximum Gasteiger partial charge on any atom is 0.153 e. The Morgan fingerprint density at radius 3 is 2.07 bits per heavy atom. The number of aldehydes is 1. The number of rotatable bonds is 2. The van der Waals surface area contributed by atoms with Gasteiger partial charge < -0.3 is 9.90 Å². The Balaban J connectivity index is 2.95. The highest BCUT2D eigenvalue weighted by molar-refractivity contribution is 5.59. The molecule has 0 radical (unpaired) electrons. The van der Waals surface area contributed by atoms with Crippen LogP contribution in [0, 0.1) is 0 Å². The van der Waals surface area contributed by atoms with Gasteiger partial charge in [-0.2, -0.15) is 0 Å². The first kappa shape index (κ1) is 10.9. The van der Waals surface area contributed by atoms with Gasteiger partial charge in [-0.05, 0) is 16.5 Å². The molecule has 0 amide bonds. The average molecular weight is 192 g/mol. The molecular formula is C12H16O2. The molecule has 14 heavy (non-hydrogen) atoms. The Bertz CT molecular complexity index is 306. The van der Waals surface area contributed by atoms with Crippen molar-refractivity contribution < 1.29 is 9.90 Å². The predicted octanol–water partition coefficient (Wildman–Crippen LogP) is 2.22. The monoisotopic (exact) mass is 192 g/mol. The molecule has 1 rings (SSSR count). The van der Waals surface area contributed by atoms with Crippen LogP contribution < -0.4 is 0 Å². The quantitative estimate of drug-likeness (QED) is 0.729. The van der Waals surface area contributed by atoms with Crippen LogP contribution in [-0.2, 0) is 10.2 Å². The minimum atomic E-state index is -0.996. The third-order valence-electron chi connectivity index (χ3n) is 2.25. The molecule has 1 atom stereocenters. The van der Waals surface area contributed by atoms with E-state index in [1.165, 1.54) is 5.56 Å². The maximum absolute atomic E-state index is 10.3. The van der Waals surface area contributed by atoms with E-state index in [9.17, 15) is 9.90 Å². The average Bonchev–Trinajstić information content (AvgIpc) is 2.15. The number of benzene rings is 1. The zero-order chi connectivity index (χ0) is 10.8. The van der Waals surface area contributed by atoms with E-state index < -0.39 is 6.10 Å². The Morgan fingerprint density at radius 1 is 1.21 bits per heavy atom. The molecule has 1 unspecified atom stereocenters. The smallest absolute Gasteiger partial charge is 0.153 e. The predicted molar refractivity (Wildman–Crippen MR) is 56.2 cm³/mol. The zero-order valence-electron chi connectivity index (χ0n) is 8.82. The van der Waals surface area contributed by atoms with Gasteiger partial charge >= 0.3 is 0 Å². The molecule has 76 valence electrons. The van der Waals surface area contributed by atoms with Gasteiger partial charge in [0.25, 0.3) is 0 Å². The highest BCUT2D eigenvalue weighted by Gasteiger charge is 2.13. The maximum atomic E-state index is 10.3. The molecule has 0 heterocycles. The van der Waals surface area contributed by atoms with E-state index >= 15 is 0 Å². The van der Waals surface area contributed by atoms with Crippen LogP contribution in [0.5, 0.6) is 0 Å². The Kier molecular flexibility index (Phi) is 3.06. The van der Waals surface area contributed by atoms with Crippen molar-refractivity contribution in [3.63, 3.8) is 0 Å². The largest absolute Gasteiger partial charge is 0.381 e. The number of carbonyl (C=O) groups excluding carboxylic acids is 1. The van der Waals surface area contributed by atoms with Gasteiger partial charge in [0.1, 0.15) is 6.10 Å². The second-order valence-electron chi connectivity index (χ2n) is 4.45. The molecule has 0 aliphatic rings. The first-order valence-corrected chi connectivity index (χ1v) is 4.69. The molecule has 1 aromatic carbocycles.